The molecule has 0 aromatic carbocycles. The number of alkyl halides is 1. The van der Waals surface area contributed by atoms with E-state index in [0.717, 1.165) is 0 Å². The molecule has 0 radical (unpaired) electrons. The van der Waals surface area contributed by atoms with Crippen molar-refractivity contribution in [2.75, 3.05) is 26.3 Å². The first-order valence-corrected chi connectivity index (χ1v) is 5.15. The fourth-order valence-corrected chi connectivity index (χ4v) is 1.26. The van der Waals surface area contributed by atoms with Crippen LogP contribution in [0.15, 0.2) is 0 Å². The lowest BCUT2D eigenvalue weighted by atomic mass is 10.7. The van der Waals surface area contributed by atoms with E-state index >= 15 is 0 Å². The predicted molar refractivity (Wildman–Crippen MR) is 43.0 cm³/mol. The summed E-state index contributed by atoms with van der Waals surface area (Å²) in [6.07, 6.45) is -0.240. The van der Waals surface area contributed by atoms with E-state index in [1.54, 1.807) is 14.2 Å². The Balaban J connectivity index is 3.09. The van der Waals surface area contributed by atoms with Gasteiger partial charge in [0.05, 0.1) is 6.61 Å². The third kappa shape index (κ3) is 5.19. The summed E-state index contributed by atoms with van der Waals surface area (Å²) in [6, 6.07) is 0. The van der Waals surface area contributed by atoms with Gasteiger partial charge in [-0.05, 0) is 0 Å². The predicted octanol–water partition coefficient (Wildman–Crippen LogP) is -0.0980. The maximum absolute atomic E-state index is 5.43. The highest BCUT2D eigenvalue weighted by Gasteiger charge is 2.02. The number of methoxy groups -OCH3 is 2. The van der Waals surface area contributed by atoms with Crippen molar-refractivity contribution in [3.05, 3.63) is 0 Å². The van der Waals surface area contributed by atoms with Gasteiger partial charge in [0.15, 0.2) is 16.1 Å². The molecule has 10 heavy (non-hydrogen) atoms. The van der Waals surface area contributed by atoms with Gasteiger partial charge in [-0.2, -0.15) is 0 Å². The van der Waals surface area contributed by atoms with Crippen molar-refractivity contribution in [3.8, 4) is 0 Å². The molecular formula is C5H13ClO3Si. The Bertz CT molecular complexity index is 69.9. The standard InChI is InChI=1S/C5H13ClO3Si/c1-7-5(8-2)3-9-10-4-6/h5H,3-4,10H2,1-2H3. The second-order valence-corrected chi connectivity index (χ2v) is 3.99. The average Bonchev–Trinajstić information content (AvgIpc) is 1.99. The number of halogens is 1. The number of ether oxygens (including phenoxy) is 2. The van der Waals surface area contributed by atoms with E-state index in [2.05, 4.69) is 0 Å². The first kappa shape index (κ1) is 10.4. The van der Waals surface area contributed by atoms with E-state index in [1.807, 2.05) is 0 Å². The second kappa shape index (κ2) is 7.49. The molecule has 0 aliphatic heterocycles. The van der Waals surface area contributed by atoms with Crippen LogP contribution in [0.1, 0.15) is 0 Å². The summed E-state index contributed by atoms with van der Waals surface area (Å²) in [5, 5.41) is 0. The molecule has 0 saturated carbocycles. The Hall–Kier alpha value is 0.387. The van der Waals surface area contributed by atoms with Gasteiger partial charge < -0.3 is 13.9 Å². The summed E-state index contributed by atoms with van der Waals surface area (Å²) < 4.78 is 14.9. The Kier molecular flexibility index (Phi) is 7.78. The Labute approximate surface area is 68.5 Å². The maximum atomic E-state index is 5.43. The summed E-state index contributed by atoms with van der Waals surface area (Å²) >= 11 is 5.43. The third-order valence-electron chi connectivity index (χ3n) is 1.00. The molecule has 0 N–H and O–H groups in total. The average molecular weight is 185 g/mol. The summed E-state index contributed by atoms with van der Waals surface area (Å²) in [7, 11) is 2.63. The minimum absolute atomic E-state index is 0.240. The van der Waals surface area contributed by atoms with Gasteiger partial charge in [-0.15, -0.1) is 11.6 Å². The molecule has 0 amide bonds. The number of hydrogen-bond acceptors (Lipinski definition) is 3. The maximum Gasteiger partial charge on any atom is 0.178 e. The van der Waals surface area contributed by atoms with Gasteiger partial charge in [-0.3, -0.25) is 0 Å². The van der Waals surface area contributed by atoms with Crippen LogP contribution < -0.4 is 0 Å². The molecule has 0 aromatic rings. The molecule has 0 aliphatic carbocycles. The van der Waals surface area contributed by atoms with E-state index in [9.17, 15) is 0 Å². The molecule has 0 bridgehead atoms. The lowest BCUT2D eigenvalue weighted by molar-refractivity contribution is -0.121. The second-order valence-electron chi connectivity index (χ2n) is 1.66. The van der Waals surface area contributed by atoms with Crippen LogP contribution in [0.25, 0.3) is 0 Å². The monoisotopic (exact) mass is 184 g/mol. The molecule has 0 atom stereocenters. The molecule has 5 heteroatoms. The molecule has 0 spiro atoms. The summed E-state index contributed by atoms with van der Waals surface area (Å²) in [4.78, 5) is 0. The number of hydrogen-bond donors (Lipinski definition) is 0. The molecule has 3 nitrogen and oxygen atoms in total. The summed E-state index contributed by atoms with van der Waals surface area (Å²) in [5.41, 5.74) is 0.639. The minimum Gasteiger partial charge on any atom is -0.418 e. The number of rotatable bonds is 6. The van der Waals surface area contributed by atoms with Crippen LogP contribution in [0.2, 0.25) is 0 Å². The highest BCUT2D eigenvalue weighted by atomic mass is 35.5. The zero-order chi connectivity index (χ0) is 7.82. The lowest BCUT2D eigenvalue weighted by Gasteiger charge is -2.12. The lowest BCUT2D eigenvalue weighted by Crippen LogP contribution is -2.21. The smallest absolute Gasteiger partial charge is 0.178 e. The highest BCUT2D eigenvalue weighted by molar-refractivity contribution is 6.45. The zero-order valence-corrected chi connectivity index (χ0v) is 8.47. The zero-order valence-electron chi connectivity index (χ0n) is 6.30. The first-order valence-electron chi connectivity index (χ1n) is 3.04. The van der Waals surface area contributed by atoms with Crippen LogP contribution in [0, 0.1) is 0 Å². The van der Waals surface area contributed by atoms with Crippen molar-refractivity contribution in [3.63, 3.8) is 0 Å². The topological polar surface area (TPSA) is 27.7 Å². The molecule has 0 aliphatic rings. The fourth-order valence-electron chi connectivity index (χ4n) is 0.466. The van der Waals surface area contributed by atoms with Gasteiger partial charge >= 0.3 is 0 Å². The van der Waals surface area contributed by atoms with Crippen molar-refractivity contribution in [2.45, 2.75) is 6.29 Å². The quantitative estimate of drug-likeness (QED) is 0.250. The van der Waals surface area contributed by atoms with Crippen LogP contribution in [0.3, 0.4) is 0 Å². The van der Waals surface area contributed by atoms with Gasteiger partial charge in [0.25, 0.3) is 0 Å². The van der Waals surface area contributed by atoms with E-state index in [-0.39, 0.29) is 6.29 Å². The van der Waals surface area contributed by atoms with Crippen molar-refractivity contribution < 1.29 is 13.9 Å². The Morgan fingerprint density at radius 3 is 2.40 bits per heavy atom. The van der Waals surface area contributed by atoms with Gasteiger partial charge in [0, 0.05) is 19.7 Å². The molecule has 0 fully saturated rings. The van der Waals surface area contributed by atoms with E-state index < -0.39 is 9.76 Å². The highest BCUT2D eigenvalue weighted by Crippen LogP contribution is 1.90. The third-order valence-corrected chi connectivity index (χ3v) is 2.14. The van der Waals surface area contributed by atoms with Crippen molar-refractivity contribution in [1.82, 2.24) is 0 Å². The molecule has 0 saturated heterocycles. The van der Waals surface area contributed by atoms with E-state index in [4.69, 9.17) is 25.5 Å². The van der Waals surface area contributed by atoms with Crippen molar-refractivity contribution >= 4 is 21.4 Å². The largest absolute Gasteiger partial charge is 0.418 e. The van der Waals surface area contributed by atoms with E-state index in [1.165, 1.54) is 0 Å². The normalized spacial score (nSPS) is 12.0. The molecular weight excluding hydrogens is 172 g/mol. The Morgan fingerprint density at radius 1 is 1.40 bits per heavy atom. The first-order chi connectivity index (χ1) is 4.85. The minimum atomic E-state index is -0.534. The van der Waals surface area contributed by atoms with Crippen LogP contribution in [0.4, 0.5) is 0 Å². The van der Waals surface area contributed by atoms with Crippen LogP contribution in [0.5, 0.6) is 0 Å². The van der Waals surface area contributed by atoms with Crippen LogP contribution >= 0.6 is 11.6 Å². The SMILES string of the molecule is COC(CO[SiH2]CCl)OC. The fraction of sp³-hybridized carbons (Fsp3) is 1.00. The van der Waals surface area contributed by atoms with Crippen molar-refractivity contribution in [1.29, 1.82) is 0 Å². The summed E-state index contributed by atoms with van der Waals surface area (Å²) in [6.45, 7) is 0.492. The molecule has 0 heterocycles. The van der Waals surface area contributed by atoms with Gasteiger partial charge in [-0.25, -0.2) is 0 Å². The Morgan fingerprint density at radius 2 is 2.00 bits per heavy atom. The van der Waals surface area contributed by atoms with Gasteiger partial charge in [-0.1, -0.05) is 0 Å². The summed E-state index contributed by atoms with van der Waals surface area (Å²) in [5.74, 6) is 0. The molecule has 0 aromatic heterocycles. The molecule has 62 valence electrons. The van der Waals surface area contributed by atoms with Crippen molar-refractivity contribution in [2.24, 2.45) is 0 Å². The van der Waals surface area contributed by atoms with E-state index in [0.29, 0.717) is 12.1 Å². The molecule has 0 rings (SSSR count). The van der Waals surface area contributed by atoms with Gasteiger partial charge in [0.1, 0.15) is 0 Å². The molecule has 0 unspecified atom stereocenters. The van der Waals surface area contributed by atoms with Crippen LogP contribution in [-0.2, 0) is 13.9 Å². The van der Waals surface area contributed by atoms with Gasteiger partial charge in [0.2, 0.25) is 0 Å². The van der Waals surface area contributed by atoms with Crippen LogP contribution in [-0.4, -0.2) is 42.4 Å².